The highest BCUT2D eigenvalue weighted by Gasteiger charge is 2.18. The molecule has 120 valence electrons. The van der Waals surface area contributed by atoms with Gasteiger partial charge in [-0.1, -0.05) is 0 Å². The van der Waals surface area contributed by atoms with E-state index in [0.717, 1.165) is 5.56 Å². The first-order valence-electron chi connectivity index (χ1n) is 6.78. The summed E-state index contributed by atoms with van der Waals surface area (Å²) in [5.41, 5.74) is 0.897. The van der Waals surface area contributed by atoms with Gasteiger partial charge in [0.2, 0.25) is 5.75 Å². The number of ether oxygens (including phenoxy) is 3. The summed E-state index contributed by atoms with van der Waals surface area (Å²) < 4.78 is 15.8. The number of methoxy groups -OCH3 is 3. The highest BCUT2D eigenvalue weighted by Crippen LogP contribution is 2.38. The number of benzene rings is 1. The van der Waals surface area contributed by atoms with Crippen LogP contribution in [0.4, 0.5) is 0 Å². The Kier molecular flexibility index (Phi) is 7.28. The molecule has 0 bridgehead atoms. The smallest absolute Gasteiger partial charge is 0.203 e. The molecule has 1 aromatic rings. The van der Waals surface area contributed by atoms with Crippen LogP contribution in [0.2, 0.25) is 0 Å². The Bertz CT molecular complexity index is 409. The molecule has 0 aromatic heterocycles. The Morgan fingerprint density at radius 1 is 0.952 bits per heavy atom. The average Bonchev–Trinajstić information content (AvgIpc) is 2.52. The molecular weight excluding hydrogens is 276 g/mol. The number of hydrogen-bond donors (Lipinski definition) is 3. The number of rotatable bonds is 9. The first kappa shape index (κ1) is 17.6. The van der Waals surface area contributed by atoms with Crippen LogP contribution >= 0.6 is 0 Å². The highest BCUT2D eigenvalue weighted by atomic mass is 16.5. The lowest BCUT2D eigenvalue weighted by atomic mass is 9.94. The fraction of sp³-hybridized carbons (Fsp3) is 0.600. The predicted molar refractivity (Wildman–Crippen MR) is 78.1 cm³/mol. The van der Waals surface area contributed by atoms with Crippen molar-refractivity contribution in [3.63, 3.8) is 0 Å². The van der Waals surface area contributed by atoms with Gasteiger partial charge in [0.15, 0.2) is 11.5 Å². The highest BCUT2D eigenvalue weighted by molar-refractivity contribution is 5.53. The van der Waals surface area contributed by atoms with Crippen LogP contribution in [0.5, 0.6) is 17.2 Å². The zero-order valence-corrected chi connectivity index (χ0v) is 12.7. The minimum Gasteiger partial charge on any atom is -0.493 e. The molecule has 0 heterocycles. The fourth-order valence-corrected chi connectivity index (χ4v) is 2.27. The van der Waals surface area contributed by atoms with Gasteiger partial charge in [0.1, 0.15) is 0 Å². The second kappa shape index (κ2) is 8.71. The van der Waals surface area contributed by atoms with Crippen LogP contribution in [0.1, 0.15) is 12.0 Å². The molecule has 1 aromatic carbocycles. The normalized spacial score (nSPS) is 13.6. The second-order valence-corrected chi connectivity index (χ2v) is 4.86. The van der Waals surface area contributed by atoms with E-state index in [1.54, 1.807) is 14.2 Å². The maximum atomic E-state index is 9.49. The first-order valence-corrected chi connectivity index (χ1v) is 6.78. The molecule has 1 rings (SSSR count). The van der Waals surface area contributed by atoms with Gasteiger partial charge in [0.05, 0.1) is 34.0 Å². The summed E-state index contributed by atoms with van der Waals surface area (Å²) in [5.74, 6) is 1.45. The molecule has 6 nitrogen and oxygen atoms in total. The van der Waals surface area contributed by atoms with E-state index in [1.165, 1.54) is 7.11 Å². The summed E-state index contributed by atoms with van der Waals surface area (Å²) in [6.45, 7) is -0.389. The van der Waals surface area contributed by atoms with E-state index in [2.05, 4.69) is 0 Å². The van der Waals surface area contributed by atoms with Gasteiger partial charge in [-0.05, 0) is 36.5 Å². The van der Waals surface area contributed by atoms with E-state index in [9.17, 15) is 10.2 Å². The van der Waals surface area contributed by atoms with E-state index in [1.807, 2.05) is 12.1 Å². The zero-order chi connectivity index (χ0) is 15.8. The Morgan fingerprint density at radius 3 is 1.90 bits per heavy atom. The second-order valence-electron chi connectivity index (χ2n) is 4.86. The number of aliphatic hydroxyl groups excluding tert-OH is 3. The van der Waals surface area contributed by atoms with Crippen LogP contribution in [-0.2, 0) is 6.42 Å². The summed E-state index contributed by atoms with van der Waals surface area (Å²) in [4.78, 5) is 0. The van der Waals surface area contributed by atoms with Gasteiger partial charge < -0.3 is 29.5 Å². The summed E-state index contributed by atoms with van der Waals surface area (Å²) >= 11 is 0. The topological polar surface area (TPSA) is 88.4 Å². The largest absolute Gasteiger partial charge is 0.493 e. The summed E-state index contributed by atoms with van der Waals surface area (Å²) in [7, 11) is 4.62. The third kappa shape index (κ3) is 4.77. The fourth-order valence-electron chi connectivity index (χ4n) is 2.27. The van der Waals surface area contributed by atoms with Gasteiger partial charge in [-0.25, -0.2) is 0 Å². The Hall–Kier alpha value is -1.50. The lowest BCUT2D eigenvalue weighted by molar-refractivity contribution is 0.0626. The summed E-state index contributed by atoms with van der Waals surface area (Å²) in [6, 6.07) is 3.63. The molecule has 2 atom stereocenters. The molecule has 3 N–H and O–H groups in total. The maximum Gasteiger partial charge on any atom is 0.203 e. The van der Waals surface area contributed by atoms with E-state index < -0.39 is 6.10 Å². The van der Waals surface area contributed by atoms with E-state index in [0.29, 0.717) is 30.1 Å². The maximum absolute atomic E-state index is 9.49. The molecule has 6 heteroatoms. The zero-order valence-electron chi connectivity index (χ0n) is 12.7. The van der Waals surface area contributed by atoms with Crippen molar-refractivity contribution in [1.82, 2.24) is 0 Å². The Labute approximate surface area is 124 Å². The van der Waals surface area contributed by atoms with Crippen LogP contribution < -0.4 is 14.2 Å². The third-order valence-corrected chi connectivity index (χ3v) is 3.32. The van der Waals surface area contributed by atoms with Crippen molar-refractivity contribution in [2.24, 2.45) is 5.92 Å². The van der Waals surface area contributed by atoms with Crippen molar-refractivity contribution in [2.45, 2.75) is 18.9 Å². The lowest BCUT2D eigenvalue weighted by Crippen LogP contribution is -2.21. The van der Waals surface area contributed by atoms with Gasteiger partial charge in [-0.2, -0.15) is 0 Å². The molecule has 0 fully saturated rings. The van der Waals surface area contributed by atoms with Crippen molar-refractivity contribution in [2.75, 3.05) is 34.5 Å². The van der Waals surface area contributed by atoms with Gasteiger partial charge in [-0.15, -0.1) is 0 Å². The van der Waals surface area contributed by atoms with Crippen molar-refractivity contribution in [3.8, 4) is 17.2 Å². The molecule has 21 heavy (non-hydrogen) atoms. The first-order chi connectivity index (χ1) is 10.1. The van der Waals surface area contributed by atoms with Crippen molar-refractivity contribution >= 4 is 0 Å². The van der Waals surface area contributed by atoms with Gasteiger partial charge in [0, 0.05) is 6.61 Å². The minimum absolute atomic E-state index is 0.0757. The summed E-state index contributed by atoms with van der Waals surface area (Å²) in [6.07, 6.45) is 0.0256. The minimum atomic E-state index is -0.829. The number of aliphatic hydroxyl groups is 3. The van der Waals surface area contributed by atoms with Gasteiger partial charge >= 0.3 is 0 Å². The summed E-state index contributed by atoms with van der Waals surface area (Å²) in [5, 5.41) is 27.8. The van der Waals surface area contributed by atoms with Crippen LogP contribution in [0.15, 0.2) is 12.1 Å². The van der Waals surface area contributed by atoms with Crippen LogP contribution in [-0.4, -0.2) is 56.0 Å². The molecule has 0 spiro atoms. The lowest BCUT2D eigenvalue weighted by Gasteiger charge is -2.19. The molecule has 0 saturated carbocycles. The van der Waals surface area contributed by atoms with Gasteiger partial charge in [-0.3, -0.25) is 0 Å². The molecule has 0 unspecified atom stereocenters. The quantitative estimate of drug-likeness (QED) is 0.619. The Morgan fingerprint density at radius 2 is 1.52 bits per heavy atom. The van der Waals surface area contributed by atoms with E-state index in [4.69, 9.17) is 19.3 Å². The monoisotopic (exact) mass is 300 g/mol. The molecule has 0 radical (unpaired) electrons. The van der Waals surface area contributed by atoms with E-state index >= 15 is 0 Å². The Balaban J connectivity index is 2.96. The molecule has 0 saturated heterocycles. The molecule has 0 amide bonds. The standard InChI is InChI=1S/C15H24O6/c1-19-13-6-10(7-14(20-2)15(13)21-3)4-11(8-16)5-12(18)9-17/h6-7,11-12,16-18H,4-5,8-9H2,1-3H3/t11-,12+/m1/s1. The molecular formula is C15H24O6. The predicted octanol–water partition coefficient (Wildman–Crippen LogP) is 0.607. The molecule has 0 aliphatic rings. The molecule has 0 aliphatic carbocycles. The van der Waals surface area contributed by atoms with Crippen molar-refractivity contribution in [1.29, 1.82) is 0 Å². The molecule has 0 aliphatic heterocycles. The van der Waals surface area contributed by atoms with Crippen molar-refractivity contribution < 1.29 is 29.5 Å². The van der Waals surface area contributed by atoms with Crippen LogP contribution in [0.25, 0.3) is 0 Å². The average molecular weight is 300 g/mol. The van der Waals surface area contributed by atoms with Crippen molar-refractivity contribution in [3.05, 3.63) is 17.7 Å². The van der Waals surface area contributed by atoms with Crippen LogP contribution in [0.3, 0.4) is 0 Å². The SMILES string of the molecule is COc1cc(C[C@@H](CO)C[C@H](O)CO)cc(OC)c1OC. The van der Waals surface area contributed by atoms with E-state index in [-0.39, 0.29) is 19.1 Å². The van der Waals surface area contributed by atoms with Gasteiger partial charge in [0.25, 0.3) is 0 Å². The number of hydrogen-bond acceptors (Lipinski definition) is 6. The van der Waals surface area contributed by atoms with Crippen LogP contribution in [0, 0.1) is 5.92 Å². The third-order valence-electron chi connectivity index (χ3n) is 3.32.